The first-order chi connectivity index (χ1) is 13.0. The average molecular weight is 381 g/mol. The smallest absolute Gasteiger partial charge is 0.407 e. The second-order valence-corrected chi connectivity index (χ2v) is 7.13. The molecule has 4 rings (SSSR count). The molecule has 1 N–H and O–H groups in total. The fourth-order valence-corrected chi connectivity index (χ4v) is 3.86. The Morgan fingerprint density at radius 3 is 2.78 bits per heavy atom. The van der Waals surface area contributed by atoms with Crippen molar-refractivity contribution in [3.05, 3.63) is 53.3 Å². The number of carboxylic acid groups (broad SMARTS) is 1. The molecule has 0 bridgehead atoms. The Bertz CT molecular complexity index is 1050. The van der Waals surface area contributed by atoms with E-state index in [1.165, 1.54) is 4.90 Å². The molecule has 0 spiro atoms. The van der Waals surface area contributed by atoms with Crippen LogP contribution in [0.25, 0.3) is 22.2 Å². The van der Waals surface area contributed by atoms with Crippen molar-refractivity contribution in [2.75, 3.05) is 13.1 Å². The van der Waals surface area contributed by atoms with Crippen LogP contribution < -0.4 is 0 Å². The summed E-state index contributed by atoms with van der Waals surface area (Å²) in [5, 5.41) is 18.5. The molecule has 1 aliphatic heterocycles. The van der Waals surface area contributed by atoms with Crippen molar-refractivity contribution in [2.45, 2.75) is 13.0 Å². The zero-order valence-corrected chi connectivity index (χ0v) is 15.2. The number of hydrogen-bond acceptors (Lipinski definition) is 3. The van der Waals surface area contributed by atoms with Gasteiger partial charge in [-0.1, -0.05) is 23.7 Å². The summed E-state index contributed by atoms with van der Waals surface area (Å²) in [5.41, 5.74) is 4.08. The first kappa shape index (κ1) is 17.4. The molecule has 2 aromatic heterocycles. The number of carbonyl (C=O) groups is 1. The van der Waals surface area contributed by atoms with Gasteiger partial charge < -0.3 is 14.6 Å². The number of fused-ring (bicyclic) bond motifs is 1. The molecule has 27 heavy (non-hydrogen) atoms. The maximum Gasteiger partial charge on any atom is 0.407 e. The Labute approximate surface area is 161 Å². The molecule has 3 heterocycles. The van der Waals surface area contributed by atoms with Crippen molar-refractivity contribution in [3.8, 4) is 17.2 Å². The highest BCUT2D eigenvalue weighted by atomic mass is 35.5. The number of aromatic nitrogens is 2. The van der Waals surface area contributed by atoms with Crippen LogP contribution >= 0.6 is 11.6 Å². The van der Waals surface area contributed by atoms with Gasteiger partial charge >= 0.3 is 6.09 Å². The largest absolute Gasteiger partial charge is 0.465 e. The number of nitriles is 1. The summed E-state index contributed by atoms with van der Waals surface area (Å²) in [7, 11) is 0. The zero-order chi connectivity index (χ0) is 19.0. The summed E-state index contributed by atoms with van der Waals surface area (Å²) in [4.78, 5) is 17.1. The average Bonchev–Trinajstić information content (AvgIpc) is 3.29. The van der Waals surface area contributed by atoms with Gasteiger partial charge in [-0.3, -0.25) is 0 Å². The standard InChI is InChI=1S/C20H17ClN4O2/c21-19-16(15-3-1-13(10-22)2-4-15)9-18-17(23-19)6-8-24(18)11-14-5-7-25(12-14)20(26)27/h1-4,6,8-9,14H,5,7,11-12H2,(H,26,27)/t14-/m1/s1. The fourth-order valence-electron chi connectivity index (χ4n) is 3.61. The number of benzene rings is 1. The highest BCUT2D eigenvalue weighted by Crippen LogP contribution is 2.31. The highest BCUT2D eigenvalue weighted by molar-refractivity contribution is 6.32. The van der Waals surface area contributed by atoms with E-state index in [0.29, 0.717) is 23.8 Å². The quantitative estimate of drug-likeness (QED) is 0.689. The van der Waals surface area contributed by atoms with Gasteiger partial charge in [0.1, 0.15) is 5.15 Å². The maximum absolute atomic E-state index is 11.1. The van der Waals surface area contributed by atoms with Crippen molar-refractivity contribution in [1.82, 2.24) is 14.5 Å². The summed E-state index contributed by atoms with van der Waals surface area (Å²) in [6, 6.07) is 13.3. The second-order valence-electron chi connectivity index (χ2n) is 6.77. The van der Waals surface area contributed by atoms with E-state index in [0.717, 1.165) is 35.1 Å². The van der Waals surface area contributed by atoms with Crippen LogP contribution in [0.3, 0.4) is 0 Å². The molecule has 136 valence electrons. The third-order valence-electron chi connectivity index (χ3n) is 5.04. The van der Waals surface area contributed by atoms with Gasteiger partial charge in [-0.15, -0.1) is 0 Å². The van der Waals surface area contributed by atoms with Crippen molar-refractivity contribution in [1.29, 1.82) is 5.26 Å². The molecule has 1 saturated heterocycles. The van der Waals surface area contributed by atoms with Crippen molar-refractivity contribution in [2.24, 2.45) is 5.92 Å². The predicted octanol–water partition coefficient (Wildman–Crippen LogP) is 4.23. The molecule has 1 fully saturated rings. The Morgan fingerprint density at radius 1 is 1.33 bits per heavy atom. The van der Waals surface area contributed by atoms with E-state index in [-0.39, 0.29) is 5.92 Å². The van der Waals surface area contributed by atoms with Crippen LogP contribution in [-0.2, 0) is 6.54 Å². The first-order valence-corrected chi connectivity index (χ1v) is 9.07. The van der Waals surface area contributed by atoms with E-state index in [1.807, 2.05) is 30.5 Å². The van der Waals surface area contributed by atoms with E-state index in [1.54, 1.807) is 12.1 Å². The molecule has 0 unspecified atom stereocenters. The Balaban J connectivity index is 1.65. The monoisotopic (exact) mass is 380 g/mol. The van der Waals surface area contributed by atoms with Crippen LogP contribution in [0, 0.1) is 17.2 Å². The number of nitrogens with zero attached hydrogens (tertiary/aromatic N) is 4. The van der Waals surface area contributed by atoms with Crippen LogP contribution in [0.4, 0.5) is 4.79 Å². The molecule has 6 nitrogen and oxygen atoms in total. The lowest BCUT2D eigenvalue weighted by Gasteiger charge is -2.14. The van der Waals surface area contributed by atoms with Gasteiger partial charge in [0.25, 0.3) is 0 Å². The van der Waals surface area contributed by atoms with Gasteiger partial charge in [0.2, 0.25) is 0 Å². The molecule has 0 aliphatic carbocycles. The maximum atomic E-state index is 11.1. The number of pyridine rings is 1. The molecular weight excluding hydrogens is 364 g/mol. The van der Waals surface area contributed by atoms with Crippen LogP contribution in [0.1, 0.15) is 12.0 Å². The molecule has 1 atom stereocenters. The minimum absolute atomic E-state index is 0.283. The van der Waals surface area contributed by atoms with Gasteiger partial charge in [0, 0.05) is 31.4 Å². The van der Waals surface area contributed by atoms with E-state index in [4.69, 9.17) is 22.0 Å². The summed E-state index contributed by atoms with van der Waals surface area (Å²) >= 11 is 6.39. The topological polar surface area (TPSA) is 82.2 Å². The zero-order valence-electron chi connectivity index (χ0n) is 14.5. The summed E-state index contributed by atoms with van der Waals surface area (Å²) < 4.78 is 2.11. The minimum Gasteiger partial charge on any atom is -0.465 e. The fraction of sp³-hybridized carbons (Fsp3) is 0.250. The van der Waals surface area contributed by atoms with Crippen molar-refractivity contribution >= 4 is 28.7 Å². The number of hydrogen-bond donors (Lipinski definition) is 1. The third-order valence-corrected chi connectivity index (χ3v) is 5.33. The highest BCUT2D eigenvalue weighted by Gasteiger charge is 2.26. The van der Waals surface area contributed by atoms with Gasteiger partial charge in [0.15, 0.2) is 0 Å². The molecule has 7 heteroatoms. The van der Waals surface area contributed by atoms with E-state index in [2.05, 4.69) is 15.6 Å². The molecule has 1 amide bonds. The molecule has 0 saturated carbocycles. The minimum atomic E-state index is -0.855. The summed E-state index contributed by atoms with van der Waals surface area (Å²) in [5.74, 6) is 0.283. The van der Waals surface area contributed by atoms with Gasteiger partial charge in [-0.25, -0.2) is 9.78 Å². The lowest BCUT2D eigenvalue weighted by molar-refractivity contribution is 0.153. The SMILES string of the molecule is N#Cc1ccc(-c2cc3c(ccn3C[C@H]3CCN(C(=O)O)C3)nc2Cl)cc1. The molecule has 1 aliphatic rings. The molecule has 1 aromatic carbocycles. The second kappa shape index (κ2) is 6.93. The Kier molecular flexibility index (Phi) is 4.46. The van der Waals surface area contributed by atoms with Crippen molar-refractivity contribution < 1.29 is 9.90 Å². The summed E-state index contributed by atoms with van der Waals surface area (Å²) in [6.07, 6.45) is 1.97. The number of rotatable bonds is 3. The third kappa shape index (κ3) is 3.34. The summed E-state index contributed by atoms with van der Waals surface area (Å²) in [6.45, 7) is 1.88. The molecular formula is C20H17ClN4O2. The van der Waals surface area contributed by atoms with Crippen LogP contribution in [0.5, 0.6) is 0 Å². The van der Waals surface area contributed by atoms with Gasteiger partial charge in [-0.2, -0.15) is 5.26 Å². The number of halogens is 1. The van der Waals surface area contributed by atoms with E-state index < -0.39 is 6.09 Å². The van der Waals surface area contributed by atoms with Crippen molar-refractivity contribution in [3.63, 3.8) is 0 Å². The van der Waals surface area contributed by atoms with Crippen LogP contribution in [0.15, 0.2) is 42.6 Å². The Morgan fingerprint density at radius 2 is 2.11 bits per heavy atom. The first-order valence-electron chi connectivity index (χ1n) is 8.69. The number of likely N-dealkylation sites (tertiary alicyclic amines) is 1. The van der Waals surface area contributed by atoms with Crippen LogP contribution in [-0.4, -0.2) is 38.7 Å². The number of amides is 1. The molecule has 0 radical (unpaired) electrons. The van der Waals surface area contributed by atoms with E-state index in [9.17, 15) is 4.79 Å². The lowest BCUT2D eigenvalue weighted by atomic mass is 10.1. The van der Waals surface area contributed by atoms with Crippen LogP contribution in [0.2, 0.25) is 5.15 Å². The normalized spacial score (nSPS) is 16.6. The predicted molar refractivity (Wildman–Crippen MR) is 103 cm³/mol. The Hall–Kier alpha value is -3.04. The lowest BCUT2D eigenvalue weighted by Crippen LogP contribution is -2.27. The molecule has 3 aromatic rings. The van der Waals surface area contributed by atoms with Gasteiger partial charge in [0.05, 0.1) is 22.7 Å². The van der Waals surface area contributed by atoms with Gasteiger partial charge in [-0.05, 0) is 42.2 Å². The van der Waals surface area contributed by atoms with E-state index >= 15 is 0 Å².